The molecule has 86 valence electrons. The Kier molecular flexibility index (Phi) is 2.50. The van der Waals surface area contributed by atoms with Crippen LogP contribution in [0, 0.1) is 0 Å². The van der Waals surface area contributed by atoms with E-state index in [0.717, 1.165) is 5.56 Å². The number of nitrogens with zero attached hydrogens (tertiary/aromatic N) is 1. The molecule has 1 fully saturated rings. The third-order valence-corrected chi connectivity index (χ3v) is 3.00. The maximum atomic E-state index is 11.8. The highest BCUT2D eigenvalue weighted by Crippen LogP contribution is 2.39. The summed E-state index contributed by atoms with van der Waals surface area (Å²) in [6.45, 7) is 6.10. The molecule has 0 radical (unpaired) electrons. The van der Waals surface area contributed by atoms with Crippen LogP contribution in [0.2, 0.25) is 0 Å². The third kappa shape index (κ3) is 1.61. The molecule has 1 aliphatic heterocycles. The summed E-state index contributed by atoms with van der Waals surface area (Å²) < 4.78 is 0. The average molecular weight is 218 g/mol. The molecular weight excluding hydrogens is 200 g/mol. The van der Waals surface area contributed by atoms with Gasteiger partial charge in [-0.1, -0.05) is 30.3 Å². The fourth-order valence-corrected chi connectivity index (χ4v) is 2.27. The van der Waals surface area contributed by atoms with Crippen LogP contribution in [0.3, 0.4) is 0 Å². The standard InChI is InChI=1S/C13H18N2O/c1-13(2,3)15-11(10(14)12(15)16)9-7-5-4-6-8-9/h4-8,10-11H,14H2,1-3H3/t10-,11+/m0/s1. The maximum Gasteiger partial charge on any atom is 0.243 e. The molecule has 0 spiro atoms. The number of carbonyl (C=O) groups excluding carboxylic acids is 1. The number of carbonyl (C=O) groups is 1. The van der Waals surface area contributed by atoms with Crippen molar-refractivity contribution in [1.82, 2.24) is 4.90 Å². The number of hydrogen-bond acceptors (Lipinski definition) is 2. The second-order valence-corrected chi connectivity index (χ2v) is 5.26. The lowest BCUT2D eigenvalue weighted by molar-refractivity contribution is -0.158. The van der Waals surface area contributed by atoms with E-state index in [9.17, 15) is 4.79 Å². The summed E-state index contributed by atoms with van der Waals surface area (Å²) in [4.78, 5) is 13.7. The molecular formula is C13H18N2O. The van der Waals surface area contributed by atoms with Gasteiger partial charge in [-0.25, -0.2) is 0 Å². The molecule has 2 atom stereocenters. The van der Waals surface area contributed by atoms with Gasteiger partial charge >= 0.3 is 0 Å². The molecule has 1 heterocycles. The molecule has 0 aromatic heterocycles. The Labute approximate surface area is 96.2 Å². The van der Waals surface area contributed by atoms with E-state index in [1.807, 2.05) is 56.0 Å². The molecule has 0 aliphatic carbocycles. The van der Waals surface area contributed by atoms with Gasteiger partial charge < -0.3 is 10.6 Å². The van der Waals surface area contributed by atoms with Crippen molar-refractivity contribution in [1.29, 1.82) is 0 Å². The minimum Gasteiger partial charge on any atom is -0.327 e. The van der Waals surface area contributed by atoms with Gasteiger partial charge in [0.25, 0.3) is 0 Å². The van der Waals surface area contributed by atoms with Crippen LogP contribution in [0.5, 0.6) is 0 Å². The van der Waals surface area contributed by atoms with Crippen molar-refractivity contribution >= 4 is 5.91 Å². The lowest BCUT2D eigenvalue weighted by atomic mass is 9.84. The summed E-state index contributed by atoms with van der Waals surface area (Å²) in [6, 6.07) is 9.61. The van der Waals surface area contributed by atoms with Gasteiger partial charge in [0, 0.05) is 5.54 Å². The predicted molar refractivity (Wildman–Crippen MR) is 63.8 cm³/mol. The van der Waals surface area contributed by atoms with Crippen molar-refractivity contribution in [2.45, 2.75) is 38.4 Å². The largest absolute Gasteiger partial charge is 0.327 e. The number of likely N-dealkylation sites (tertiary alicyclic amines) is 1. The highest BCUT2D eigenvalue weighted by Gasteiger charge is 2.50. The van der Waals surface area contributed by atoms with E-state index in [0.29, 0.717) is 0 Å². The average Bonchev–Trinajstić information content (AvgIpc) is 2.23. The number of nitrogens with two attached hydrogens (primary N) is 1. The molecule has 1 aromatic carbocycles. The Morgan fingerprint density at radius 3 is 2.25 bits per heavy atom. The number of amides is 1. The molecule has 1 aliphatic rings. The van der Waals surface area contributed by atoms with Crippen LogP contribution in [0.1, 0.15) is 32.4 Å². The third-order valence-electron chi connectivity index (χ3n) is 3.00. The first-order valence-electron chi connectivity index (χ1n) is 5.56. The van der Waals surface area contributed by atoms with Crippen LogP contribution in [-0.4, -0.2) is 22.4 Å². The summed E-state index contributed by atoms with van der Waals surface area (Å²) in [6.07, 6.45) is 0. The first kappa shape index (κ1) is 11.1. The van der Waals surface area contributed by atoms with Crippen LogP contribution >= 0.6 is 0 Å². The summed E-state index contributed by atoms with van der Waals surface area (Å²) in [5.74, 6) is 0.0429. The normalized spacial score (nSPS) is 25.5. The second-order valence-electron chi connectivity index (χ2n) is 5.26. The highest BCUT2D eigenvalue weighted by atomic mass is 16.2. The highest BCUT2D eigenvalue weighted by molar-refractivity contribution is 5.90. The lowest BCUT2D eigenvalue weighted by Gasteiger charge is -2.52. The fraction of sp³-hybridized carbons (Fsp3) is 0.462. The van der Waals surface area contributed by atoms with Crippen molar-refractivity contribution < 1.29 is 4.79 Å². The van der Waals surface area contributed by atoms with E-state index in [1.165, 1.54) is 0 Å². The van der Waals surface area contributed by atoms with Gasteiger partial charge in [-0.05, 0) is 26.3 Å². The Morgan fingerprint density at radius 2 is 1.75 bits per heavy atom. The number of rotatable bonds is 1. The van der Waals surface area contributed by atoms with Crippen LogP contribution in [-0.2, 0) is 4.79 Å². The number of β-lactam (4-membered cyclic amide) rings is 1. The molecule has 3 nitrogen and oxygen atoms in total. The van der Waals surface area contributed by atoms with Gasteiger partial charge in [-0.2, -0.15) is 0 Å². The lowest BCUT2D eigenvalue weighted by Crippen LogP contribution is -2.68. The van der Waals surface area contributed by atoms with Gasteiger partial charge in [0.1, 0.15) is 6.04 Å². The van der Waals surface area contributed by atoms with Crippen molar-refractivity contribution in [3.63, 3.8) is 0 Å². The van der Waals surface area contributed by atoms with Crippen molar-refractivity contribution in [3.05, 3.63) is 35.9 Å². The molecule has 2 rings (SSSR count). The van der Waals surface area contributed by atoms with E-state index < -0.39 is 0 Å². The van der Waals surface area contributed by atoms with Crippen molar-refractivity contribution in [2.24, 2.45) is 5.73 Å². The molecule has 1 saturated heterocycles. The Bertz CT molecular complexity index is 394. The molecule has 1 amide bonds. The Balaban J connectivity index is 2.31. The molecule has 2 N–H and O–H groups in total. The van der Waals surface area contributed by atoms with E-state index in [4.69, 9.17) is 5.73 Å². The van der Waals surface area contributed by atoms with E-state index in [1.54, 1.807) is 0 Å². The summed E-state index contributed by atoms with van der Waals surface area (Å²) >= 11 is 0. The van der Waals surface area contributed by atoms with Gasteiger partial charge in [0.2, 0.25) is 5.91 Å². The summed E-state index contributed by atoms with van der Waals surface area (Å²) in [5, 5.41) is 0. The quantitative estimate of drug-likeness (QED) is 0.729. The van der Waals surface area contributed by atoms with E-state index in [2.05, 4.69) is 0 Å². The van der Waals surface area contributed by atoms with Gasteiger partial charge in [-0.15, -0.1) is 0 Å². The first-order valence-corrected chi connectivity index (χ1v) is 5.56. The molecule has 0 bridgehead atoms. The fourth-order valence-electron chi connectivity index (χ4n) is 2.27. The molecule has 1 aromatic rings. The number of hydrogen-bond donors (Lipinski definition) is 1. The van der Waals surface area contributed by atoms with Crippen LogP contribution in [0.25, 0.3) is 0 Å². The van der Waals surface area contributed by atoms with Crippen molar-refractivity contribution in [2.75, 3.05) is 0 Å². The van der Waals surface area contributed by atoms with Crippen LogP contribution in [0.15, 0.2) is 30.3 Å². The SMILES string of the molecule is CC(C)(C)N1C(=O)[C@@H](N)[C@H]1c1ccccc1. The second kappa shape index (κ2) is 3.59. The summed E-state index contributed by atoms with van der Waals surface area (Å²) in [7, 11) is 0. The topological polar surface area (TPSA) is 46.3 Å². The monoisotopic (exact) mass is 218 g/mol. The Hall–Kier alpha value is -1.35. The molecule has 3 heteroatoms. The van der Waals surface area contributed by atoms with Gasteiger partial charge in [0.15, 0.2) is 0 Å². The zero-order valence-electron chi connectivity index (χ0n) is 9.97. The van der Waals surface area contributed by atoms with Crippen molar-refractivity contribution in [3.8, 4) is 0 Å². The zero-order valence-corrected chi connectivity index (χ0v) is 9.97. The first-order chi connectivity index (χ1) is 7.43. The molecule has 0 saturated carbocycles. The number of benzene rings is 1. The minimum atomic E-state index is -0.387. The Morgan fingerprint density at radius 1 is 1.19 bits per heavy atom. The zero-order chi connectivity index (χ0) is 11.9. The smallest absolute Gasteiger partial charge is 0.243 e. The van der Waals surface area contributed by atoms with Crippen LogP contribution in [0.4, 0.5) is 0 Å². The molecule has 0 unspecified atom stereocenters. The van der Waals surface area contributed by atoms with Gasteiger partial charge in [0.05, 0.1) is 6.04 Å². The van der Waals surface area contributed by atoms with Gasteiger partial charge in [-0.3, -0.25) is 4.79 Å². The molecule has 16 heavy (non-hydrogen) atoms. The predicted octanol–water partition coefficient (Wildman–Crippen LogP) is 1.70. The summed E-state index contributed by atoms with van der Waals surface area (Å²) in [5.41, 5.74) is 6.84. The van der Waals surface area contributed by atoms with E-state index >= 15 is 0 Å². The van der Waals surface area contributed by atoms with E-state index in [-0.39, 0.29) is 23.5 Å². The minimum absolute atomic E-state index is 0.0219. The maximum absolute atomic E-state index is 11.8. The van der Waals surface area contributed by atoms with Crippen LogP contribution < -0.4 is 5.73 Å².